The average Bonchev–Trinajstić information content (AvgIpc) is 3.02. The molecule has 0 aliphatic carbocycles. The number of rotatable bonds is 6. The molecule has 0 saturated carbocycles. The lowest BCUT2D eigenvalue weighted by molar-refractivity contribution is -0.115. The number of nitrogens with one attached hydrogen (secondary N) is 1. The minimum absolute atomic E-state index is 0.0620. The Morgan fingerprint density at radius 2 is 1.66 bits per heavy atom. The number of benzene rings is 2. The van der Waals surface area contributed by atoms with Crippen molar-refractivity contribution < 1.29 is 21.6 Å². The van der Waals surface area contributed by atoms with Gasteiger partial charge in [0.2, 0.25) is 5.91 Å². The number of carbonyl (C=O) groups excluding carboxylic acids is 1. The van der Waals surface area contributed by atoms with Gasteiger partial charge in [-0.15, -0.1) is 0 Å². The maximum absolute atomic E-state index is 12.3. The molecule has 1 amide bonds. The van der Waals surface area contributed by atoms with Crippen molar-refractivity contribution in [2.24, 2.45) is 0 Å². The number of fused-ring (bicyclic) bond motifs is 1. The van der Waals surface area contributed by atoms with E-state index in [0.29, 0.717) is 20.9 Å². The predicted molar refractivity (Wildman–Crippen MR) is 114 cm³/mol. The van der Waals surface area contributed by atoms with Gasteiger partial charge in [0.05, 0.1) is 31.7 Å². The Hall–Kier alpha value is -2.30. The van der Waals surface area contributed by atoms with Crippen LogP contribution >= 0.6 is 11.3 Å². The topological polar surface area (TPSA) is 110 Å². The van der Waals surface area contributed by atoms with Crippen LogP contribution in [0, 0.1) is 0 Å². The molecule has 0 aliphatic rings. The van der Waals surface area contributed by atoms with Gasteiger partial charge < -0.3 is 5.32 Å². The minimum Gasteiger partial charge on any atom is -0.302 e. The van der Waals surface area contributed by atoms with E-state index in [1.807, 2.05) is 0 Å². The smallest absolute Gasteiger partial charge is 0.230 e. The molecule has 154 valence electrons. The number of anilines is 1. The Bertz CT molecular complexity index is 1280. The fourth-order valence-corrected chi connectivity index (χ4v) is 5.31. The van der Waals surface area contributed by atoms with Crippen LogP contribution in [0.15, 0.2) is 52.3 Å². The summed E-state index contributed by atoms with van der Waals surface area (Å²) < 4.78 is 48.3. The Labute approximate surface area is 173 Å². The Balaban J connectivity index is 1.72. The molecule has 0 unspecified atom stereocenters. The van der Waals surface area contributed by atoms with Crippen LogP contribution in [0.3, 0.4) is 0 Å². The number of amides is 1. The molecule has 0 saturated heterocycles. The van der Waals surface area contributed by atoms with Crippen molar-refractivity contribution in [2.45, 2.75) is 35.3 Å². The summed E-state index contributed by atoms with van der Waals surface area (Å²) in [6, 6.07) is 10.9. The van der Waals surface area contributed by atoms with Crippen molar-refractivity contribution in [3.63, 3.8) is 0 Å². The fourth-order valence-electron chi connectivity index (χ4n) is 2.61. The molecule has 0 atom stereocenters. The number of thiazole rings is 1. The number of hydrogen-bond acceptors (Lipinski definition) is 7. The van der Waals surface area contributed by atoms with Crippen molar-refractivity contribution in [1.82, 2.24) is 4.98 Å². The molecule has 0 radical (unpaired) electrons. The lowest BCUT2D eigenvalue weighted by Crippen LogP contribution is -2.15. The molecule has 10 heteroatoms. The van der Waals surface area contributed by atoms with Gasteiger partial charge in [-0.3, -0.25) is 4.79 Å². The zero-order valence-electron chi connectivity index (χ0n) is 16.0. The summed E-state index contributed by atoms with van der Waals surface area (Å²) in [5.74, 6) is -0.299. The van der Waals surface area contributed by atoms with Crippen LogP contribution in [0.25, 0.3) is 10.2 Å². The third-order valence-electron chi connectivity index (χ3n) is 4.27. The van der Waals surface area contributed by atoms with E-state index in [9.17, 15) is 21.6 Å². The molecule has 0 aliphatic heterocycles. The van der Waals surface area contributed by atoms with Gasteiger partial charge in [0, 0.05) is 6.26 Å². The third kappa shape index (κ3) is 4.82. The Morgan fingerprint density at radius 3 is 2.24 bits per heavy atom. The predicted octanol–water partition coefficient (Wildman–Crippen LogP) is 3.06. The Morgan fingerprint density at radius 1 is 1.03 bits per heavy atom. The monoisotopic (exact) mass is 452 g/mol. The van der Waals surface area contributed by atoms with Gasteiger partial charge in [-0.25, -0.2) is 21.8 Å². The highest BCUT2D eigenvalue weighted by molar-refractivity contribution is 7.92. The molecule has 7 nitrogen and oxygen atoms in total. The zero-order valence-corrected chi connectivity index (χ0v) is 18.5. The molecule has 2 aromatic carbocycles. The fraction of sp³-hybridized carbons (Fsp3) is 0.263. The summed E-state index contributed by atoms with van der Waals surface area (Å²) in [5.41, 5.74) is 1.27. The van der Waals surface area contributed by atoms with Crippen LogP contribution in [0.1, 0.15) is 19.4 Å². The van der Waals surface area contributed by atoms with Crippen molar-refractivity contribution in [2.75, 3.05) is 11.6 Å². The Kier molecular flexibility index (Phi) is 5.79. The van der Waals surface area contributed by atoms with E-state index in [4.69, 9.17) is 0 Å². The molecule has 0 bridgehead atoms. The lowest BCUT2D eigenvalue weighted by atomic mass is 10.1. The largest absolute Gasteiger partial charge is 0.302 e. The second-order valence-corrected chi connectivity index (χ2v) is 12.4. The summed E-state index contributed by atoms with van der Waals surface area (Å²) in [6.45, 7) is 3.24. The van der Waals surface area contributed by atoms with Crippen LogP contribution in [0.5, 0.6) is 0 Å². The second-order valence-electron chi connectivity index (χ2n) is 6.88. The summed E-state index contributed by atoms with van der Waals surface area (Å²) in [4.78, 5) is 17.0. The van der Waals surface area contributed by atoms with Gasteiger partial charge in [-0.1, -0.05) is 23.5 Å². The summed E-state index contributed by atoms with van der Waals surface area (Å²) in [5, 5.41) is 2.56. The van der Waals surface area contributed by atoms with Crippen LogP contribution in [0.4, 0.5) is 5.13 Å². The third-order valence-corrected chi connectivity index (χ3v) is 8.49. The number of aromatic nitrogens is 1. The highest BCUT2D eigenvalue weighted by atomic mass is 32.2. The van der Waals surface area contributed by atoms with Gasteiger partial charge in [0.15, 0.2) is 24.8 Å². The normalized spacial score (nSPS) is 12.4. The molecule has 3 aromatic rings. The molecule has 1 heterocycles. The van der Waals surface area contributed by atoms with Crippen molar-refractivity contribution in [1.29, 1.82) is 0 Å². The molecular weight excluding hydrogens is 432 g/mol. The number of sulfone groups is 2. The molecular formula is C19H20N2O5S3. The second kappa shape index (κ2) is 7.85. The van der Waals surface area contributed by atoms with Crippen LogP contribution in [-0.4, -0.2) is 39.2 Å². The summed E-state index contributed by atoms with van der Waals surface area (Å²) in [6.07, 6.45) is 1.20. The maximum Gasteiger partial charge on any atom is 0.230 e. The quantitative estimate of drug-likeness (QED) is 0.615. The maximum atomic E-state index is 12.3. The first-order valence-electron chi connectivity index (χ1n) is 8.70. The summed E-state index contributed by atoms with van der Waals surface area (Å²) in [7, 11) is -6.67. The van der Waals surface area contributed by atoms with E-state index >= 15 is 0 Å². The van der Waals surface area contributed by atoms with Crippen LogP contribution in [0.2, 0.25) is 0 Å². The minimum atomic E-state index is -3.35. The molecule has 1 aromatic heterocycles. The summed E-state index contributed by atoms with van der Waals surface area (Å²) >= 11 is 1.19. The zero-order chi connectivity index (χ0) is 21.4. The van der Waals surface area contributed by atoms with Crippen LogP contribution in [-0.2, 0) is 30.9 Å². The van der Waals surface area contributed by atoms with Gasteiger partial charge in [-0.2, -0.15) is 0 Å². The van der Waals surface area contributed by atoms with Gasteiger partial charge in [0.25, 0.3) is 0 Å². The highest BCUT2D eigenvalue weighted by Gasteiger charge is 2.19. The SMILES string of the molecule is CC(C)S(=O)(=O)c1ccc(CC(=O)Nc2nc3ccc(S(C)(=O)=O)cc3s2)cc1. The van der Waals surface area contributed by atoms with Crippen molar-refractivity contribution in [3.05, 3.63) is 48.0 Å². The lowest BCUT2D eigenvalue weighted by Gasteiger charge is -2.08. The average molecular weight is 453 g/mol. The molecule has 0 fully saturated rings. The van der Waals surface area contributed by atoms with E-state index in [0.717, 1.165) is 6.26 Å². The number of carbonyl (C=O) groups is 1. The molecule has 29 heavy (non-hydrogen) atoms. The van der Waals surface area contributed by atoms with E-state index in [1.165, 1.54) is 35.6 Å². The first-order chi connectivity index (χ1) is 13.5. The molecule has 3 rings (SSSR count). The van der Waals surface area contributed by atoms with Crippen molar-refractivity contribution >= 4 is 52.3 Å². The van der Waals surface area contributed by atoms with E-state index < -0.39 is 24.9 Å². The number of hydrogen-bond donors (Lipinski definition) is 1. The van der Waals surface area contributed by atoms with Crippen LogP contribution < -0.4 is 5.32 Å². The molecule has 1 N–H and O–H groups in total. The van der Waals surface area contributed by atoms with Gasteiger partial charge in [0.1, 0.15) is 0 Å². The van der Waals surface area contributed by atoms with Crippen molar-refractivity contribution in [3.8, 4) is 0 Å². The van der Waals surface area contributed by atoms with Gasteiger partial charge in [-0.05, 0) is 49.7 Å². The standard InChI is InChI=1S/C19H20N2O5S3/c1-12(2)29(25,26)14-6-4-13(5-7-14)10-18(22)21-19-20-16-9-8-15(28(3,23)24)11-17(16)27-19/h4-9,11-12H,10H2,1-3H3,(H,20,21,22). The van der Waals surface area contributed by atoms with E-state index in [2.05, 4.69) is 10.3 Å². The molecule has 0 spiro atoms. The first-order valence-corrected chi connectivity index (χ1v) is 13.0. The number of nitrogens with zero attached hydrogens (tertiary/aromatic N) is 1. The van der Waals surface area contributed by atoms with E-state index in [-0.39, 0.29) is 22.1 Å². The van der Waals surface area contributed by atoms with Gasteiger partial charge >= 0.3 is 0 Å². The van der Waals surface area contributed by atoms with E-state index in [1.54, 1.807) is 32.0 Å². The first kappa shape index (κ1) is 21.4. The highest BCUT2D eigenvalue weighted by Crippen LogP contribution is 2.28.